The van der Waals surface area contributed by atoms with E-state index < -0.39 is 10.0 Å². The highest BCUT2D eigenvalue weighted by Crippen LogP contribution is 2.29. The highest BCUT2D eigenvalue weighted by molar-refractivity contribution is 7.91. The number of hydrogen-bond donors (Lipinski definition) is 1. The fourth-order valence-corrected chi connectivity index (χ4v) is 5.01. The first kappa shape index (κ1) is 13.0. The molecule has 0 bridgehead atoms. The molecule has 2 unspecified atom stereocenters. The topological polar surface area (TPSA) is 57.6 Å². The van der Waals surface area contributed by atoms with Crippen LogP contribution in [0.5, 0.6) is 0 Å². The van der Waals surface area contributed by atoms with Gasteiger partial charge in [-0.05, 0) is 37.1 Å². The van der Waals surface area contributed by atoms with Crippen LogP contribution in [-0.2, 0) is 10.0 Å². The number of piperidine rings is 1. The lowest BCUT2D eigenvalue weighted by Crippen LogP contribution is -2.45. The standard InChI is InChI=1S/C11H17NO3S2/c1-9-4-5-10(8-13)7-12(9)17(14,15)11-3-2-6-16-11/h2-3,6,9-10,13H,4-5,7-8H2,1H3. The Kier molecular flexibility index (Phi) is 3.87. The molecule has 0 radical (unpaired) electrons. The molecule has 1 aromatic rings. The van der Waals surface area contributed by atoms with Crippen LogP contribution >= 0.6 is 11.3 Å². The molecule has 0 aromatic carbocycles. The lowest BCUT2D eigenvalue weighted by atomic mass is 9.96. The maximum Gasteiger partial charge on any atom is 0.252 e. The van der Waals surface area contributed by atoms with E-state index in [4.69, 9.17) is 0 Å². The van der Waals surface area contributed by atoms with Crippen molar-refractivity contribution in [3.05, 3.63) is 17.5 Å². The Balaban J connectivity index is 2.26. The first-order valence-corrected chi connectivity index (χ1v) is 8.04. The molecular weight excluding hydrogens is 258 g/mol. The van der Waals surface area contributed by atoms with Crippen LogP contribution in [0.25, 0.3) is 0 Å². The summed E-state index contributed by atoms with van der Waals surface area (Å²) in [6.45, 7) is 2.42. The Morgan fingerprint density at radius 2 is 2.29 bits per heavy atom. The molecule has 1 aliphatic rings. The monoisotopic (exact) mass is 275 g/mol. The Bertz CT molecular complexity index is 455. The van der Waals surface area contributed by atoms with Gasteiger partial charge in [-0.3, -0.25) is 0 Å². The largest absolute Gasteiger partial charge is 0.396 e. The minimum Gasteiger partial charge on any atom is -0.396 e. The molecule has 1 aromatic heterocycles. The summed E-state index contributed by atoms with van der Waals surface area (Å²) in [5, 5.41) is 10.9. The average Bonchev–Trinajstić information content (AvgIpc) is 2.83. The van der Waals surface area contributed by atoms with E-state index in [0.717, 1.165) is 12.8 Å². The van der Waals surface area contributed by atoms with E-state index in [1.54, 1.807) is 17.5 Å². The molecule has 17 heavy (non-hydrogen) atoms. The van der Waals surface area contributed by atoms with Crippen LogP contribution in [0.1, 0.15) is 19.8 Å². The number of rotatable bonds is 3. The summed E-state index contributed by atoms with van der Waals surface area (Å²) in [6, 6.07) is 3.40. The fraction of sp³-hybridized carbons (Fsp3) is 0.636. The zero-order valence-electron chi connectivity index (χ0n) is 9.74. The quantitative estimate of drug-likeness (QED) is 0.910. The van der Waals surface area contributed by atoms with Crippen LogP contribution in [-0.4, -0.2) is 37.0 Å². The maximum atomic E-state index is 12.4. The maximum absolute atomic E-state index is 12.4. The molecule has 0 amide bonds. The van der Waals surface area contributed by atoms with Gasteiger partial charge in [-0.25, -0.2) is 8.42 Å². The molecule has 0 aliphatic carbocycles. The van der Waals surface area contributed by atoms with Gasteiger partial charge < -0.3 is 5.11 Å². The van der Waals surface area contributed by atoms with Crippen molar-refractivity contribution < 1.29 is 13.5 Å². The zero-order valence-corrected chi connectivity index (χ0v) is 11.4. The van der Waals surface area contributed by atoms with Gasteiger partial charge in [0.2, 0.25) is 0 Å². The van der Waals surface area contributed by atoms with Gasteiger partial charge in [-0.15, -0.1) is 11.3 Å². The van der Waals surface area contributed by atoms with Crippen LogP contribution < -0.4 is 0 Å². The van der Waals surface area contributed by atoms with E-state index in [1.807, 2.05) is 6.92 Å². The lowest BCUT2D eigenvalue weighted by molar-refractivity contribution is 0.139. The van der Waals surface area contributed by atoms with E-state index in [-0.39, 0.29) is 18.6 Å². The van der Waals surface area contributed by atoms with Crippen LogP contribution in [0, 0.1) is 5.92 Å². The first-order valence-electron chi connectivity index (χ1n) is 5.72. The van der Waals surface area contributed by atoms with Gasteiger partial charge in [0.25, 0.3) is 10.0 Å². The predicted molar refractivity (Wildman–Crippen MR) is 67.5 cm³/mol. The van der Waals surface area contributed by atoms with Crippen LogP contribution in [0.4, 0.5) is 0 Å². The van der Waals surface area contributed by atoms with Gasteiger partial charge >= 0.3 is 0 Å². The van der Waals surface area contributed by atoms with Crippen molar-refractivity contribution in [2.24, 2.45) is 5.92 Å². The Morgan fingerprint density at radius 3 is 2.88 bits per heavy atom. The van der Waals surface area contributed by atoms with Gasteiger partial charge in [-0.1, -0.05) is 6.07 Å². The van der Waals surface area contributed by atoms with Crippen molar-refractivity contribution in [2.45, 2.75) is 30.0 Å². The van der Waals surface area contributed by atoms with Gasteiger partial charge in [0.05, 0.1) is 0 Å². The molecule has 4 nitrogen and oxygen atoms in total. The number of aliphatic hydroxyl groups is 1. The van der Waals surface area contributed by atoms with Crippen LogP contribution in [0.2, 0.25) is 0 Å². The van der Waals surface area contributed by atoms with Gasteiger partial charge in [0.1, 0.15) is 4.21 Å². The molecule has 1 saturated heterocycles. The molecule has 0 spiro atoms. The molecule has 0 saturated carbocycles. The second kappa shape index (κ2) is 5.06. The minimum atomic E-state index is -3.37. The second-order valence-corrected chi connectivity index (χ2v) is 7.55. The summed E-state index contributed by atoms with van der Waals surface area (Å²) in [6.07, 6.45) is 1.71. The highest BCUT2D eigenvalue weighted by atomic mass is 32.2. The van der Waals surface area contributed by atoms with Crippen molar-refractivity contribution in [1.29, 1.82) is 0 Å². The SMILES string of the molecule is CC1CCC(CO)CN1S(=O)(=O)c1cccs1. The van der Waals surface area contributed by atoms with Crippen molar-refractivity contribution in [3.8, 4) is 0 Å². The number of sulfonamides is 1. The first-order chi connectivity index (χ1) is 8.05. The third-order valence-corrected chi connectivity index (χ3v) is 6.59. The number of hydrogen-bond acceptors (Lipinski definition) is 4. The Morgan fingerprint density at radius 1 is 1.53 bits per heavy atom. The summed E-state index contributed by atoms with van der Waals surface area (Å²) < 4.78 is 26.7. The summed E-state index contributed by atoms with van der Waals surface area (Å²) >= 11 is 1.24. The van der Waals surface area contributed by atoms with Gasteiger partial charge in [0, 0.05) is 19.2 Å². The Hall–Kier alpha value is -0.430. The van der Waals surface area contributed by atoms with Gasteiger partial charge in [0.15, 0.2) is 0 Å². The molecule has 2 rings (SSSR count). The number of nitrogens with zero attached hydrogens (tertiary/aromatic N) is 1. The average molecular weight is 275 g/mol. The predicted octanol–water partition coefficient (Wildman–Crippen LogP) is 1.53. The molecular formula is C11H17NO3S2. The van der Waals surface area contributed by atoms with E-state index in [2.05, 4.69) is 0 Å². The smallest absolute Gasteiger partial charge is 0.252 e. The lowest BCUT2D eigenvalue weighted by Gasteiger charge is -2.35. The van der Waals surface area contributed by atoms with E-state index in [1.165, 1.54) is 15.6 Å². The van der Waals surface area contributed by atoms with Crippen molar-refractivity contribution in [3.63, 3.8) is 0 Å². The molecule has 1 aliphatic heterocycles. The van der Waals surface area contributed by atoms with Crippen LogP contribution in [0.15, 0.2) is 21.7 Å². The van der Waals surface area contributed by atoms with Crippen molar-refractivity contribution in [1.82, 2.24) is 4.31 Å². The molecule has 1 fully saturated rings. The van der Waals surface area contributed by atoms with E-state index in [9.17, 15) is 13.5 Å². The Labute approximate surface area is 106 Å². The third-order valence-electron chi connectivity index (χ3n) is 3.24. The van der Waals surface area contributed by atoms with Crippen molar-refractivity contribution in [2.75, 3.05) is 13.2 Å². The van der Waals surface area contributed by atoms with Gasteiger partial charge in [-0.2, -0.15) is 4.31 Å². The second-order valence-electron chi connectivity index (χ2n) is 4.48. The van der Waals surface area contributed by atoms with Crippen molar-refractivity contribution >= 4 is 21.4 Å². The molecule has 6 heteroatoms. The third kappa shape index (κ3) is 2.54. The summed E-state index contributed by atoms with van der Waals surface area (Å²) in [5.74, 6) is 0.0703. The molecule has 2 heterocycles. The molecule has 2 atom stereocenters. The summed E-state index contributed by atoms with van der Waals surface area (Å²) in [7, 11) is -3.37. The minimum absolute atomic E-state index is 0.0184. The van der Waals surface area contributed by atoms with E-state index >= 15 is 0 Å². The van der Waals surface area contributed by atoms with Crippen LogP contribution in [0.3, 0.4) is 0 Å². The zero-order chi connectivity index (χ0) is 12.5. The van der Waals surface area contributed by atoms with E-state index in [0.29, 0.717) is 10.8 Å². The summed E-state index contributed by atoms with van der Waals surface area (Å²) in [4.78, 5) is 0. The summed E-state index contributed by atoms with van der Waals surface area (Å²) in [5.41, 5.74) is 0. The number of thiophene rings is 1. The molecule has 1 N–H and O–H groups in total. The normalized spacial score (nSPS) is 27.2. The molecule has 96 valence electrons. The highest BCUT2D eigenvalue weighted by Gasteiger charge is 2.34. The number of aliphatic hydroxyl groups excluding tert-OH is 1. The fourth-order valence-electron chi connectivity index (χ4n) is 2.16.